The molecule has 0 N–H and O–H groups in total. The van der Waals surface area contributed by atoms with Gasteiger partial charge in [-0.2, -0.15) is 5.26 Å². The molecule has 0 heterocycles. The SMILES string of the molecule is N#Cc1ccc(C2C3C[C@]45C(=O)c6ccccc6C(=O)C4(C4=C3C(=O)c3ccccc3C4=O)C25)cc1. The molecule has 36 heavy (non-hydrogen) atoms. The van der Waals surface area contributed by atoms with Crippen LogP contribution in [0.3, 0.4) is 0 Å². The fourth-order valence-electron chi connectivity index (χ4n) is 8.34. The van der Waals surface area contributed by atoms with Gasteiger partial charge in [0.2, 0.25) is 0 Å². The maximum atomic E-state index is 14.4. The molecular formula is C31H17NO4. The second kappa shape index (κ2) is 6.03. The highest BCUT2D eigenvalue weighted by molar-refractivity contribution is 6.35. The summed E-state index contributed by atoms with van der Waals surface area (Å²) >= 11 is 0. The fraction of sp³-hybridized carbons (Fsp3) is 0.194. The van der Waals surface area contributed by atoms with E-state index in [9.17, 15) is 24.4 Å². The van der Waals surface area contributed by atoms with Crippen LogP contribution in [0.4, 0.5) is 0 Å². The van der Waals surface area contributed by atoms with Gasteiger partial charge in [-0.25, -0.2) is 0 Å². The summed E-state index contributed by atoms with van der Waals surface area (Å²) < 4.78 is 0. The molecule has 0 saturated heterocycles. The highest BCUT2D eigenvalue weighted by Gasteiger charge is 2.94. The highest BCUT2D eigenvalue weighted by Crippen LogP contribution is 2.90. The molecule has 5 atom stereocenters. The lowest BCUT2D eigenvalue weighted by atomic mass is 9.55. The Hall–Kier alpha value is -4.43. The van der Waals surface area contributed by atoms with Gasteiger partial charge < -0.3 is 0 Å². The summed E-state index contributed by atoms with van der Waals surface area (Å²) in [4.78, 5) is 56.5. The van der Waals surface area contributed by atoms with Gasteiger partial charge in [0.25, 0.3) is 0 Å². The van der Waals surface area contributed by atoms with Gasteiger partial charge in [-0.3, -0.25) is 19.2 Å². The van der Waals surface area contributed by atoms with Gasteiger partial charge in [-0.15, -0.1) is 0 Å². The van der Waals surface area contributed by atoms with Crippen LogP contribution in [0.1, 0.15) is 64.9 Å². The number of nitriles is 1. The third-order valence-corrected chi connectivity index (χ3v) is 9.48. The van der Waals surface area contributed by atoms with Crippen molar-refractivity contribution in [2.75, 3.05) is 0 Å². The highest BCUT2D eigenvalue weighted by atomic mass is 16.2. The van der Waals surface area contributed by atoms with Crippen molar-refractivity contribution in [1.29, 1.82) is 5.26 Å². The molecule has 2 bridgehead atoms. The van der Waals surface area contributed by atoms with Crippen molar-refractivity contribution in [2.24, 2.45) is 22.7 Å². The molecule has 2 saturated carbocycles. The number of nitrogens with zero attached hydrogens (tertiary/aromatic N) is 1. The molecule has 4 unspecified atom stereocenters. The Labute approximate surface area is 206 Å². The van der Waals surface area contributed by atoms with E-state index in [1.165, 1.54) is 0 Å². The van der Waals surface area contributed by atoms with Crippen LogP contribution in [0, 0.1) is 34.0 Å². The molecular weight excluding hydrogens is 450 g/mol. The molecule has 0 amide bonds. The third kappa shape index (κ3) is 1.81. The largest absolute Gasteiger partial charge is 0.293 e. The fourth-order valence-corrected chi connectivity index (χ4v) is 8.34. The number of rotatable bonds is 1. The number of hydrogen-bond acceptors (Lipinski definition) is 5. The summed E-state index contributed by atoms with van der Waals surface area (Å²) in [6, 6.07) is 23.0. The van der Waals surface area contributed by atoms with Crippen LogP contribution in [0.2, 0.25) is 0 Å². The number of benzene rings is 3. The first kappa shape index (κ1) is 19.8. The number of carbonyl (C=O) groups excluding carboxylic acids is 4. The summed E-state index contributed by atoms with van der Waals surface area (Å²) in [6.45, 7) is 0. The van der Waals surface area contributed by atoms with Crippen molar-refractivity contribution in [2.45, 2.75) is 12.3 Å². The molecule has 5 heteroatoms. The van der Waals surface area contributed by atoms with E-state index in [1.54, 1.807) is 60.7 Å². The van der Waals surface area contributed by atoms with E-state index in [-0.39, 0.29) is 40.5 Å². The Morgan fingerprint density at radius 3 is 1.94 bits per heavy atom. The Morgan fingerprint density at radius 2 is 1.31 bits per heavy atom. The number of allylic oxidation sites excluding steroid dienone is 2. The predicted octanol–water partition coefficient (Wildman–Crippen LogP) is 4.73. The molecule has 170 valence electrons. The number of ketones is 4. The molecule has 0 radical (unpaired) electrons. The van der Waals surface area contributed by atoms with E-state index in [4.69, 9.17) is 0 Å². The van der Waals surface area contributed by atoms with Crippen LogP contribution in [0.25, 0.3) is 0 Å². The van der Waals surface area contributed by atoms with Crippen LogP contribution < -0.4 is 0 Å². The van der Waals surface area contributed by atoms with Gasteiger partial charge in [-0.1, -0.05) is 60.7 Å². The van der Waals surface area contributed by atoms with Crippen molar-refractivity contribution in [3.05, 3.63) is 117 Å². The minimum absolute atomic E-state index is 0.0884. The van der Waals surface area contributed by atoms with Gasteiger partial charge in [0.05, 0.1) is 22.5 Å². The second-order valence-corrected chi connectivity index (χ2v) is 10.5. The Bertz CT molecular complexity index is 1720. The topological polar surface area (TPSA) is 92.1 Å². The normalized spacial score (nSPS) is 32.4. The van der Waals surface area contributed by atoms with E-state index in [2.05, 4.69) is 6.07 Å². The summed E-state index contributed by atoms with van der Waals surface area (Å²) in [5, 5.41) is 9.28. The number of carbonyl (C=O) groups is 4. The lowest BCUT2D eigenvalue weighted by molar-refractivity contribution is 0.0692. The summed E-state index contributed by atoms with van der Waals surface area (Å²) in [7, 11) is 0. The first-order valence-electron chi connectivity index (χ1n) is 12.1. The standard InChI is InChI=1S/C31H17NO4/c32-14-15-9-11-16(12-10-15)22-21-13-30-27(22)31(30,29(36)20-8-4-3-7-19(20)28(30)35)24-23(21)25(33)17-5-1-2-6-18(17)26(24)34/h1-12,21-22,27H,13H2/t21?,22?,27?,30-,31?/m0/s1. The van der Waals surface area contributed by atoms with Crippen LogP contribution in [0.5, 0.6) is 0 Å². The third-order valence-electron chi connectivity index (χ3n) is 9.48. The minimum Gasteiger partial charge on any atom is -0.293 e. The number of hydrogen-bond donors (Lipinski definition) is 0. The Kier molecular flexibility index (Phi) is 3.32. The number of fused-ring (bicyclic) bond motifs is 4. The van der Waals surface area contributed by atoms with Crippen LogP contribution >= 0.6 is 0 Å². The second-order valence-electron chi connectivity index (χ2n) is 10.5. The van der Waals surface area contributed by atoms with Gasteiger partial charge in [-0.05, 0) is 41.9 Å². The van der Waals surface area contributed by atoms with E-state index in [0.717, 1.165) is 5.56 Å². The van der Waals surface area contributed by atoms with E-state index in [0.29, 0.717) is 39.8 Å². The smallest absolute Gasteiger partial charge is 0.191 e. The lowest BCUT2D eigenvalue weighted by Gasteiger charge is -2.44. The van der Waals surface area contributed by atoms with Gasteiger partial charge >= 0.3 is 0 Å². The molecule has 2 fully saturated rings. The quantitative estimate of drug-likeness (QED) is 0.516. The van der Waals surface area contributed by atoms with Crippen LogP contribution in [-0.4, -0.2) is 23.1 Å². The maximum absolute atomic E-state index is 14.4. The van der Waals surface area contributed by atoms with Gasteiger partial charge in [0.1, 0.15) is 0 Å². The average Bonchev–Trinajstić information content (AvgIpc) is 3.43. The zero-order chi connectivity index (χ0) is 24.6. The zero-order valence-corrected chi connectivity index (χ0v) is 18.9. The predicted molar refractivity (Wildman–Crippen MR) is 128 cm³/mol. The molecule has 3 aromatic carbocycles. The Morgan fingerprint density at radius 1 is 0.722 bits per heavy atom. The molecule has 0 aliphatic heterocycles. The molecule has 8 rings (SSSR count). The van der Waals surface area contributed by atoms with E-state index >= 15 is 0 Å². The molecule has 3 aromatic rings. The molecule has 2 spiro atoms. The first-order valence-corrected chi connectivity index (χ1v) is 12.1. The van der Waals surface area contributed by atoms with Gasteiger partial charge in [0.15, 0.2) is 23.1 Å². The number of Topliss-reactive ketones (excluding diaryl/α,β-unsaturated/α-hetero) is 4. The molecule has 0 aromatic heterocycles. The molecule has 5 aliphatic carbocycles. The summed E-state index contributed by atoms with van der Waals surface area (Å²) in [5.41, 5.74) is 1.19. The lowest BCUT2D eigenvalue weighted by Crippen LogP contribution is -2.48. The van der Waals surface area contributed by atoms with Crippen molar-refractivity contribution in [1.82, 2.24) is 0 Å². The van der Waals surface area contributed by atoms with Crippen molar-refractivity contribution < 1.29 is 19.2 Å². The van der Waals surface area contributed by atoms with Crippen molar-refractivity contribution in [3.8, 4) is 6.07 Å². The zero-order valence-electron chi connectivity index (χ0n) is 18.9. The summed E-state index contributed by atoms with van der Waals surface area (Å²) in [5.74, 6) is -1.81. The summed E-state index contributed by atoms with van der Waals surface area (Å²) in [6.07, 6.45) is 0.376. The van der Waals surface area contributed by atoms with Gasteiger partial charge in [0, 0.05) is 33.4 Å². The average molecular weight is 467 g/mol. The molecule has 5 aliphatic rings. The molecule has 5 nitrogen and oxygen atoms in total. The van der Waals surface area contributed by atoms with E-state index < -0.39 is 16.7 Å². The monoisotopic (exact) mass is 467 g/mol. The minimum atomic E-state index is -1.32. The first-order chi connectivity index (χ1) is 17.5. The van der Waals surface area contributed by atoms with Crippen molar-refractivity contribution >= 4 is 23.1 Å². The van der Waals surface area contributed by atoms with Crippen LogP contribution in [0.15, 0.2) is 83.9 Å². The van der Waals surface area contributed by atoms with Crippen molar-refractivity contribution in [3.63, 3.8) is 0 Å². The van der Waals surface area contributed by atoms with Crippen LogP contribution in [-0.2, 0) is 0 Å². The van der Waals surface area contributed by atoms with E-state index in [1.807, 2.05) is 12.1 Å². The Balaban J connectivity index is 1.45. The maximum Gasteiger partial charge on any atom is 0.191 e.